The van der Waals surface area contributed by atoms with Crippen LogP contribution in [0.15, 0.2) is 90.0 Å². The van der Waals surface area contributed by atoms with Gasteiger partial charge in [-0.3, -0.25) is 5.43 Å². The summed E-state index contributed by atoms with van der Waals surface area (Å²) in [4.78, 5) is 9.83. The zero-order valence-corrected chi connectivity index (χ0v) is 20.0. The maximum absolute atomic E-state index is 5.81. The molecule has 3 N–H and O–H groups in total. The quantitative estimate of drug-likeness (QED) is 0.179. The van der Waals surface area contributed by atoms with E-state index in [0.717, 1.165) is 22.4 Å². The standard InChI is InChI=1S/C26H22N6S2/c1-17-12-14-20(15-13-17)32-22(19-10-6-3-7-11-19)21-23(30-26(32)34)28-25(33)29-24(21)31-27-16-18-8-4-2-5-9-18/h2-16,22H,1H3,(H3,28,29,30,31,33,34)/b27-16+. The van der Waals surface area contributed by atoms with Crippen molar-refractivity contribution in [1.29, 1.82) is 0 Å². The van der Waals surface area contributed by atoms with Crippen molar-refractivity contribution >= 4 is 53.1 Å². The first-order valence-electron chi connectivity index (χ1n) is 10.8. The Balaban J connectivity index is 1.64. The predicted octanol–water partition coefficient (Wildman–Crippen LogP) is 6.20. The van der Waals surface area contributed by atoms with Crippen molar-refractivity contribution in [3.05, 3.63) is 112 Å². The number of rotatable bonds is 5. The Morgan fingerprint density at radius 2 is 1.62 bits per heavy atom. The van der Waals surface area contributed by atoms with E-state index in [4.69, 9.17) is 24.4 Å². The van der Waals surface area contributed by atoms with Crippen molar-refractivity contribution in [3.8, 4) is 0 Å². The van der Waals surface area contributed by atoms with Gasteiger partial charge in [0.05, 0.1) is 17.8 Å². The second-order valence-electron chi connectivity index (χ2n) is 7.91. The number of fused-ring (bicyclic) bond motifs is 1. The fourth-order valence-electron chi connectivity index (χ4n) is 3.97. The van der Waals surface area contributed by atoms with Gasteiger partial charge in [-0.05, 0) is 54.6 Å². The monoisotopic (exact) mass is 482 g/mol. The van der Waals surface area contributed by atoms with Crippen LogP contribution < -0.4 is 15.6 Å². The summed E-state index contributed by atoms with van der Waals surface area (Å²) < 4.78 is 0.335. The molecule has 4 aromatic rings. The second-order valence-corrected chi connectivity index (χ2v) is 8.68. The highest BCUT2D eigenvalue weighted by Gasteiger charge is 2.36. The highest BCUT2D eigenvalue weighted by Crippen LogP contribution is 2.42. The summed E-state index contributed by atoms with van der Waals surface area (Å²) in [6, 6.07) is 28.2. The minimum Gasteiger partial charge on any atom is -0.316 e. The number of aryl methyl sites for hydroxylation is 1. The predicted molar refractivity (Wildman–Crippen MR) is 145 cm³/mol. The lowest BCUT2D eigenvalue weighted by atomic mass is 9.95. The maximum atomic E-state index is 5.81. The number of aromatic amines is 1. The molecule has 0 saturated carbocycles. The van der Waals surface area contributed by atoms with Crippen LogP contribution in [0.1, 0.15) is 28.3 Å². The van der Waals surface area contributed by atoms with E-state index in [2.05, 4.69) is 74.0 Å². The molecule has 168 valence electrons. The fourth-order valence-corrected chi connectivity index (χ4v) is 4.47. The van der Waals surface area contributed by atoms with Crippen LogP contribution in [0.25, 0.3) is 0 Å². The normalized spacial score (nSPS) is 15.1. The van der Waals surface area contributed by atoms with E-state index < -0.39 is 0 Å². The van der Waals surface area contributed by atoms with Gasteiger partial charge in [0.15, 0.2) is 9.88 Å². The molecule has 1 aliphatic rings. The van der Waals surface area contributed by atoms with Gasteiger partial charge in [0.1, 0.15) is 11.6 Å². The Labute approximate surface area is 208 Å². The lowest BCUT2D eigenvalue weighted by Crippen LogP contribution is -2.43. The Bertz CT molecular complexity index is 1400. The summed E-state index contributed by atoms with van der Waals surface area (Å²) in [5.41, 5.74) is 8.23. The largest absolute Gasteiger partial charge is 0.316 e. The summed E-state index contributed by atoms with van der Waals surface area (Å²) in [5, 5.41) is 8.29. The highest BCUT2D eigenvalue weighted by molar-refractivity contribution is 7.80. The Morgan fingerprint density at radius 3 is 2.32 bits per heavy atom. The molecular weight excluding hydrogens is 460 g/mol. The molecule has 5 rings (SSSR count). The van der Waals surface area contributed by atoms with Gasteiger partial charge in [0.25, 0.3) is 0 Å². The molecule has 0 saturated heterocycles. The van der Waals surface area contributed by atoms with E-state index in [0.29, 0.717) is 21.5 Å². The first-order valence-corrected chi connectivity index (χ1v) is 11.6. The Hall–Kier alpha value is -3.88. The van der Waals surface area contributed by atoms with Crippen LogP contribution in [0.3, 0.4) is 0 Å². The number of thiocarbonyl (C=S) groups is 1. The minimum atomic E-state index is -0.249. The minimum absolute atomic E-state index is 0.249. The molecule has 2 heterocycles. The third kappa shape index (κ3) is 4.46. The van der Waals surface area contributed by atoms with Crippen LogP contribution in [-0.4, -0.2) is 21.3 Å². The average Bonchev–Trinajstić information content (AvgIpc) is 2.85. The van der Waals surface area contributed by atoms with Gasteiger partial charge in [-0.2, -0.15) is 5.10 Å². The van der Waals surface area contributed by atoms with E-state index >= 15 is 0 Å². The Kier molecular flexibility index (Phi) is 6.16. The van der Waals surface area contributed by atoms with Gasteiger partial charge >= 0.3 is 0 Å². The topological polar surface area (TPSA) is 68.3 Å². The molecule has 34 heavy (non-hydrogen) atoms. The van der Waals surface area contributed by atoms with E-state index in [-0.39, 0.29) is 6.04 Å². The number of anilines is 3. The molecule has 1 aromatic heterocycles. The van der Waals surface area contributed by atoms with Gasteiger partial charge in [0, 0.05) is 5.69 Å². The van der Waals surface area contributed by atoms with Gasteiger partial charge < -0.3 is 15.2 Å². The average molecular weight is 483 g/mol. The number of benzene rings is 3. The van der Waals surface area contributed by atoms with Crippen molar-refractivity contribution in [2.45, 2.75) is 13.0 Å². The Morgan fingerprint density at radius 1 is 0.941 bits per heavy atom. The molecule has 1 aliphatic heterocycles. The summed E-state index contributed by atoms with van der Waals surface area (Å²) in [6.45, 7) is 2.07. The SMILES string of the molecule is Cc1ccc(N2C(=S)Nc3nc(=S)[nH]c(N/N=C/c4ccccc4)c3C2c2ccccc2)cc1. The molecule has 3 aromatic carbocycles. The maximum Gasteiger partial charge on any atom is 0.200 e. The van der Waals surface area contributed by atoms with Crippen molar-refractivity contribution in [2.75, 3.05) is 15.6 Å². The smallest absolute Gasteiger partial charge is 0.200 e. The number of H-pyrrole nitrogens is 1. The van der Waals surface area contributed by atoms with Gasteiger partial charge in [-0.1, -0.05) is 78.4 Å². The second kappa shape index (κ2) is 9.54. The van der Waals surface area contributed by atoms with Crippen molar-refractivity contribution in [3.63, 3.8) is 0 Å². The molecule has 1 unspecified atom stereocenters. The van der Waals surface area contributed by atoms with E-state index in [1.54, 1.807) is 6.21 Å². The first kappa shape index (κ1) is 21.9. The van der Waals surface area contributed by atoms with Crippen molar-refractivity contribution in [1.82, 2.24) is 9.97 Å². The summed E-state index contributed by atoms with van der Waals surface area (Å²) in [5.74, 6) is 1.27. The molecule has 1 atom stereocenters. The molecule has 0 aliphatic carbocycles. The number of hydrogen-bond acceptors (Lipinski definition) is 5. The molecule has 0 bridgehead atoms. The lowest BCUT2D eigenvalue weighted by molar-refractivity contribution is 0.815. The van der Waals surface area contributed by atoms with Crippen LogP contribution in [0, 0.1) is 11.7 Å². The number of nitrogens with one attached hydrogen (secondary N) is 3. The van der Waals surface area contributed by atoms with Crippen LogP contribution in [0.4, 0.5) is 17.3 Å². The summed E-state index contributed by atoms with van der Waals surface area (Å²) in [6.07, 6.45) is 1.76. The molecule has 0 fully saturated rings. The van der Waals surface area contributed by atoms with Gasteiger partial charge in [0.2, 0.25) is 0 Å². The van der Waals surface area contributed by atoms with Crippen LogP contribution >= 0.6 is 24.4 Å². The van der Waals surface area contributed by atoms with Crippen LogP contribution in [0.5, 0.6) is 0 Å². The van der Waals surface area contributed by atoms with Gasteiger partial charge in [-0.15, -0.1) is 0 Å². The molecular formula is C26H22N6S2. The van der Waals surface area contributed by atoms with E-state index in [1.807, 2.05) is 48.5 Å². The molecule has 6 nitrogen and oxygen atoms in total. The third-order valence-electron chi connectivity index (χ3n) is 5.56. The molecule has 8 heteroatoms. The number of aromatic nitrogens is 2. The van der Waals surface area contributed by atoms with Crippen molar-refractivity contribution in [2.24, 2.45) is 5.10 Å². The third-order valence-corrected chi connectivity index (χ3v) is 6.05. The van der Waals surface area contributed by atoms with Gasteiger partial charge in [-0.25, -0.2) is 4.98 Å². The molecule has 0 radical (unpaired) electrons. The number of nitrogens with zero attached hydrogens (tertiary/aromatic N) is 3. The zero-order chi connectivity index (χ0) is 23.5. The summed E-state index contributed by atoms with van der Waals surface area (Å²) >= 11 is 11.2. The van der Waals surface area contributed by atoms with Crippen LogP contribution in [0.2, 0.25) is 0 Å². The van der Waals surface area contributed by atoms with Crippen molar-refractivity contribution < 1.29 is 0 Å². The fraction of sp³-hybridized carbons (Fsp3) is 0.0769. The molecule has 0 spiro atoms. The first-order chi connectivity index (χ1) is 16.6. The van der Waals surface area contributed by atoms with Crippen LogP contribution in [-0.2, 0) is 0 Å². The zero-order valence-electron chi connectivity index (χ0n) is 18.4. The highest BCUT2D eigenvalue weighted by atomic mass is 32.1. The van der Waals surface area contributed by atoms with E-state index in [1.165, 1.54) is 5.56 Å². The number of hydrogen-bond donors (Lipinski definition) is 3. The van der Waals surface area contributed by atoms with E-state index in [9.17, 15) is 0 Å². The molecule has 0 amide bonds. The summed E-state index contributed by atoms with van der Waals surface area (Å²) in [7, 11) is 0. The lowest BCUT2D eigenvalue weighted by Gasteiger charge is -2.39. The number of hydrazone groups is 1.